The van der Waals surface area contributed by atoms with E-state index in [0.29, 0.717) is 4.90 Å². The van der Waals surface area contributed by atoms with E-state index in [0.717, 1.165) is 0 Å². The van der Waals surface area contributed by atoms with Crippen molar-refractivity contribution in [1.82, 2.24) is 0 Å². The van der Waals surface area contributed by atoms with Crippen molar-refractivity contribution >= 4 is 11.8 Å². The summed E-state index contributed by atoms with van der Waals surface area (Å²) in [6, 6.07) is 3.04. The second kappa shape index (κ2) is 3.87. The first kappa shape index (κ1) is 9.48. The van der Waals surface area contributed by atoms with E-state index in [1.54, 1.807) is 6.26 Å². The topological polar surface area (TPSA) is 26.0 Å². The van der Waals surface area contributed by atoms with Gasteiger partial charge in [0.1, 0.15) is 0 Å². The molecule has 0 radical (unpaired) electrons. The zero-order chi connectivity index (χ0) is 9.14. The number of thioether (sulfide) groups is 1. The van der Waals surface area contributed by atoms with Gasteiger partial charge in [-0.05, 0) is 12.3 Å². The first-order valence-corrected chi connectivity index (χ1v) is 4.64. The van der Waals surface area contributed by atoms with Gasteiger partial charge in [0.25, 0.3) is 0 Å². The van der Waals surface area contributed by atoms with Crippen LogP contribution in [-0.2, 0) is 6.54 Å². The van der Waals surface area contributed by atoms with Crippen LogP contribution in [0.4, 0.5) is 8.78 Å². The molecule has 0 amide bonds. The van der Waals surface area contributed by atoms with Crippen molar-refractivity contribution < 1.29 is 8.78 Å². The van der Waals surface area contributed by atoms with Gasteiger partial charge in [0.2, 0.25) is 0 Å². The number of nitrogens with two attached hydrogens (primary N) is 1. The van der Waals surface area contributed by atoms with Crippen molar-refractivity contribution in [2.45, 2.75) is 11.4 Å². The SMILES string of the molecule is CSc1ccc(CN)c(F)c1F. The molecule has 4 heteroatoms. The average Bonchev–Trinajstić information content (AvgIpc) is 2.10. The van der Waals surface area contributed by atoms with Crippen LogP contribution in [0.2, 0.25) is 0 Å². The molecule has 2 N–H and O–H groups in total. The predicted molar refractivity (Wildman–Crippen MR) is 46.0 cm³/mol. The number of benzene rings is 1. The lowest BCUT2D eigenvalue weighted by Crippen LogP contribution is -2.02. The van der Waals surface area contributed by atoms with Crippen molar-refractivity contribution in [2.24, 2.45) is 5.73 Å². The Bertz CT molecular complexity index is 260. The second-order valence-corrected chi connectivity index (χ2v) is 3.11. The van der Waals surface area contributed by atoms with E-state index >= 15 is 0 Å². The minimum Gasteiger partial charge on any atom is -0.326 e. The van der Waals surface area contributed by atoms with Gasteiger partial charge < -0.3 is 5.73 Å². The van der Waals surface area contributed by atoms with E-state index < -0.39 is 11.6 Å². The summed E-state index contributed by atoms with van der Waals surface area (Å²) in [6.07, 6.45) is 1.69. The zero-order valence-corrected chi connectivity index (χ0v) is 7.42. The van der Waals surface area contributed by atoms with E-state index in [-0.39, 0.29) is 12.1 Å². The normalized spacial score (nSPS) is 10.3. The van der Waals surface area contributed by atoms with Gasteiger partial charge in [0, 0.05) is 17.0 Å². The molecular formula is C8H9F2NS. The van der Waals surface area contributed by atoms with Crippen LogP contribution >= 0.6 is 11.8 Å². The third kappa shape index (κ3) is 1.59. The third-order valence-corrected chi connectivity index (χ3v) is 2.32. The lowest BCUT2D eigenvalue weighted by Gasteiger charge is -2.03. The van der Waals surface area contributed by atoms with Crippen LogP contribution in [0.15, 0.2) is 17.0 Å². The second-order valence-electron chi connectivity index (χ2n) is 2.26. The van der Waals surface area contributed by atoms with Crippen LogP contribution in [0.25, 0.3) is 0 Å². The molecule has 1 rings (SSSR count). The quantitative estimate of drug-likeness (QED) is 0.721. The molecule has 1 aromatic rings. The summed E-state index contributed by atoms with van der Waals surface area (Å²) in [5.41, 5.74) is 5.41. The molecule has 0 aliphatic carbocycles. The maximum Gasteiger partial charge on any atom is 0.172 e. The molecule has 0 aromatic heterocycles. The van der Waals surface area contributed by atoms with Crippen molar-refractivity contribution in [3.8, 4) is 0 Å². The van der Waals surface area contributed by atoms with Gasteiger partial charge in [-0.25, -0.2) is 8.78 Å². The smallest absolute Gasteiger partial charge is 0.172 e. The molecule has 12 heavy (non-hydrogen) atoms. The van der Waals surface area contributed by atoms with Gasteiger partial charge in [-0.1, -0.05) is 6.07 Å². The average molecular weight is 189 g/mol. The molecule has 0 heterocycles. The van der Waals surface area contributed by atoms with Crippen molar-refractivity contribution in [3.63, 3.8) is 0 Å². The Balaban J connectivity index is 3.20. The molecule has 0 unspecified atom stereocenters. The molecule has 1 nitrogen and oxygen atoms in total. The molecule has 1 aromatic carbocycles. The maximum atomic E-state index is 13.0. The Kier molecular flexibility index (Phi) is 3.05. The fourth-order valence-corrected chi connectivity index (χ4v) is 1.36. The van der Waals surface area contributed by atoms with E-state index in [1.165, 1.54) is 23.9 Å². The van der Waals surface area contributed by atoms with Gasteiger partial charge in [-0.2, -0.15) is 0 Å². The first-order chi connectivity index (χ1) is 5.70. The van der Waals surface area contributed by atoms with E-state index in [1.807, 2.05) is 0 Å². The molecule has 0 saturated carbocycles. The van der Waals surface area contributed by atoms with Crippen LogP contribution in [0.1, 0.15) is 5.56 Å². The van der Waals surface area contributed by atoms with Gasteiger partial charge in [-0.3, -0.25) is 0 Å². The molecule has 0 aliphatic rings. The van der Waals surface area contributed by atoms with Crippen molar-refractivity contribution in [1.29, 1.82) is 0 Å². The van der Waals surface area contributed by atoms with Crippen LogP contribution in [0.3, 0.4) is 0 Å². The summed E-state index contributed by atoms with van der Waals surface area (Å²) in [5, 5.41) is 0. The highest BCUT2D eigenvalue weighted by molar-refractivity contribution is 7.98. The Morgan fingerprint density at radius 3 is 2.50 bits per heavy atom. The third-order valence-electron chi connectivity index (χ3n) is 1.57. The Labute approximate surface area is 74.0 Å². The lowest BCUT2D eigenvalue weighted by molar-refractivity contribution is 0.483. The number of halogens is 2. The highest BCUT2D eigenvalue weighted by Crippen LogP contribution is 2.23. The van der Waals surface area contributed by atoms with Gasteiger partial charge in [0.05, 0.1) is 0 Å². The van der Waals surface area contributed by atoms with Gasteiger partial charge in [-0.15, -0.1) is 11.8 Å². The molecule has 0 aliphatic heterocycles. The zero-order valence-electron chi connectivity index (χ0n) is 6.60. The summed E-state index contributed by atoms with van der Waals surface area (Å²) in [7, 11) is 0. The highest BCUT2D eigenvalue weighted by atomic mass is 32.2. The van der Waals surface area contributed by atoms with Crippen LogP contribution < -0.4 is 5.73 Å². The van der Waals surface area contributed by atoms with Crippen LogP contribution in [0, 0.1) is 11.6 Å². The fraction of sp³-hybridized carbons (Fsp3) is 0.250. The Morgan fingerprint density at radius 2 is 2.00 bits per heavy atom. The number of hydrogen-bond acceptors (Lipinski definition) is 2. The van der Waals surface area contributed by atoms with Crippen molar-refractivity contribution in [2.75, 3.05) is 6.26 Å². The molecule has 0 saturated heterocycles. The summed E-state index contributed by atoms with van der Waals surface area (Å²) in [4.78, 5) is 0.310. The maximum absolute atomic E-state index is 13.0. The Morgan fingerprint density at radius 1 is 1.33 bits per heavy atom. The molecule has 66 valence electrons. The number of rotatable bonds is 2. The van der Waals surface area contributed by atoms with Crippen molar-refractivity contribution in [3.05, 3.63) is 29.3 Å². The first-order valence-electron chi connectivity index (χ1n) is 3.41. The standard InChI is InChI=1S/C8H9F2NS/c1-12-6-3-2-5(4-11)7(9)8(6)10/h2-3H,4,11H2,1H3. The molecule has 0 atom stereocenters. The molecule has 0 bridgehead atoms. The minimum atomic E-state index is -0.829. The highest BCUT2D eigenvalue weighted by Gasteiger charge is 2.10. The lowest BCUT2D eigenvalue weighted by atomic mass is 10.2. The van der Waals surface area contributed by atoms with Gasteiger partial charge >= 0.3 is 0 Å². The summed E-state index contributed by atoms with van der Waals surface area (Å²) < 4.78 is 26.0. The number of hydrogen-bond donors (Lipinski definition) is 1. The fourth-order valence-electron chi connectivity index (χ4n) is 0.887. The van der Waals surface area contributed by atoms with Crippen LogP contribution in [-0.4, -0.2) is 6.26 Å². The minimum absolute atomic E-state index is 0.0252. The molecule has 0 fully saturated rings. The van der Waals surface area contributed by atoms with E-state index in [2.05, 4.69) is 0 Å². The Hall–Kier alpha value is -0.610. The molecular weight excluding hydrogens is 180 g/mol. The van der Waals surface area contributed by atoms with Crippen LogP contribution in [0.5, 0.6) is 0 Å². The molecule has 0 spiro atoms. The van der Waals surface area contributed by atoms with E-state index in [9.17, 15) is 8.78 Å². The predicted octanol–water partition coefficient (Wildman–Crippen LogP) is 2.15. The summed E-state index contributed by atoms with van der Waals surface area (Å²) in [5.74, 6) is -1.63. The van der Waals surface area contributed by atoms with Gasteiger partial charge in [0.15, 0.2) is 11.6 Å². The van der Waals surface area contributed by atoms with E-state index in [4.69, 9.17) is 5.73 Å². The monoisotopic (exact) mass is 189 g/mol. The summed E-state index contributed by atoms with van der Waals surface area (Å²) >= 11 is 1.17. The largest absolute Gasteiger partial charge is 0.326 e. The summed E-state index contributed by atoms with van der Waals surface area (Å²) in [6.45, 7) is 0.0252.